The lowest BCUT2D eigenvalue weighted by atomic mass is 10.0. The molecule has 4 aromatic carbocycles. The monoisotopic (exact) mass is 438 g/mol. The normalized spacial score (nSPS) is 10.7. The van der Waals surface area contributed by atoms with Gasteiger partial charge in [-0.05, 0) is 96.4 Å². The lowest BCUT2D eigenvalue weighted by Crippen LogP contribution is -2.01. The van der Waals surface area contributed by atoms with E-state index in [0.29, 0.717) is 34.3 Å². The number of hydrogen-bond donors (Lipinski definition) is 0. The molecule has 4 heteroatoms. The predicted octanol–water partition coefficient (Wildman–Crippen LogP) is 7.63. The van der Waals surface area contributed by atoms with E-state index >= 15 is 0 Å². The quantitative estimate of drug-likeness (QED) is 0.265. The number of benzene rings is 4. The molecule has 4 rings (SSSR count). The third kappa shape index (κ3) is 5.60. The van der Waals surface area contributed by atoms with E-state index in [9.17, 15) is 4.79 Å². The number of ketones is 1. The molecule has 166 valence electrons. The zero-order valence-corrected chi connectivity index (χ0v) is 18.9. The minimum Gasteiger partial charge on any atom is -0.497 e. The summed E-state index contributed by atoms with van der Waals surface area (Å²) in [5.41, 5.74) is 2.46. The Hall–Kier alpha value is -4.05. The number of hydrogen-bond acceptors (Lipinski definition) is 4. The fourth-order valence-corrected chi connectivity index (χ4v) is 3.35. The standard InChI is InChI=1S/C29H26O4/c1-20(2)21-4-10-25(11-5-21)32-26-12-6-22(7-13-26)29(30)23-8-14-27(15-9-23)33-28-18-16-24(31-3)17-19-28/h4-20H,1-3H3. The predicted molar refractivity (Wildman–Crippen MR) is 130 cm³/mol. The average Bonchev–Trinajstić information content (AvgIpc) is 2.85. The highest BCUT2D eigenvalue weighted by molar-refractivity contribution is 6.09. The maximum Gasteiger partial charge on any atom is 0.193 e. The molecule has 0 spiro atoms. The van der Waals surface area contributed by atoms with Crippen LogP contribution in [0.5, 0.6) is 28.7 Å². The van der Waals surface area contributed by atoms with Gasteiger partial charge >= 0.3 is 0 Å². The van der Waals surface area contributed by atoms with Crippen LogP contribution in [0.3, 0.4) is 0 Å². The number of carbonyl (C=O) groups excluding carboxylic acids is 1. The Morgan fingerprint density at radius 1 is 0.545 bits per heavy atom. The van der Waals surface area contributed by atoms with E-state index in [1.54, 1.807) is 43.5 Å². The van der Waals surface area contributed by atoms with Crippen LogP contribution in [0.25, 0.3) is 0 Å². The van der Waals surface area contributed by atoms with E-state index in [4.69, 9.17) is 14.2 Å². The fourth-order valence-electron chi connectivity index (χ4n) is 3.35. The van der Waals surface area contributed by atoms with Gasteiger partial charge in [-0.25, -0.2) is 0 Å². The summed E-state index contributed by atoms with van der Waals surface area (Å²) in [6.07, 6.45) is 0. The van der Waals surface area contributed by atoms with Gasteiger partial charge in [0.25, 0.3) is 0 Å². The van der Waals surface area contributed by atoms with Crippen LogP contribution in [-0.2, 0) is 0 Å². The molecule has 0 aromatic heterocycles. The molecule has 0 bridgehead atoms. The van der Waals surface area contributed by atoms with E-state index in [-0.39, 0.29) is 5.78 Å². The van der Waals surface area contributed by atoms with E-state index in [0.717, 1.165) is 11.5 Å². The van der Waals surface area contributed by atoms with E-state index in [1.165, 1.54) is 5.56 Å². The molecule has 0 atom stereocenters. The first kappa shape index (κ1) is 22.2. The minimum atomic E-state index is -0.0566. The molecule has 4 nitrogen and oxygen atoms in total. The molecular weight excluding hydrogens is 412 g/mol. The third-order valence-corrected chi connectivity index (χ3v) is 5.31. The topological polar surface area (TPSA) is 44.8 Å². The second kappa shape index (κ2) is 10.0. The van der Waals surface area contributed by atoms with Crippen LogP contribution >= 0.6 is 0 Å². The molecule has 0 saturated heterocycles. The van der Waals surface area contributed by atoms with Crippen LogP contribution < -0.4 is 14.2 Å². The van der Waals surface area contributed by atoms with Gasteiger partial charge in [-0.15, -0.1) is 0 Å². The maximum absolute atomic E-state index is 12.9. The smallest absolute Gasteiger partial charge is 0.193 e. The summed E-state index contributed by atoms with van der Waals surface area (Å²) in [6.45, 7) is 4.32. The summed E-state index contributed by atoms with van der Waals surface area (Å²) in [6, 6.07) is 29.7. The van der Waals surface area contributed by atoms with Crippen molar-refractivity contribution in [1.82, 2.24) is 0 Å². The number of methoxy groups -OCH3 is 1. The third-order valence-electron chi connectivity index (χ3n) is 5.31. The van der Waals surface area contributed by atoms with Crippen molar-refractivity contribution >= 4 is 5.78 Å². The van der Waals surface area contributed by atoms with Crippen molar-refractivity contribution < 1.29 is 19.0 Å². The number of carbonyl (C=O) groups is 1. The van der Waals surface area contributed by atoms with Gasteiger partial charge in [0.05, 0.1) is 7.11 Å². The highest BCUT2D eigenvalue weighted by Gasteiger charge is 2.10. The van der Waals surface area contributed by atoms with Gasteiger partial charge in [-0.1, -0.05) is 26.0 Å². The Kier molecular flexibility index (Phi) is 6.75. The summed E-state index contributed by atoms with van der Waals surface area (Å²) in [7, 11) is 1.62. The van der Waals surface area contributed by atoms with Crippen LogP contribution in [0.1, 0.15) is 41.3 Å². The van der Waals surface area contributed by atoms with E-state index in [2.05, 4.69) is 26.0 Å². The molecule has 33 heavy (non-hydrogen) atoms. The zero-order chi connectivity index (χ0) is 23.2. The van der Waals surface area contributed by atoms with Gasteiger partial charge < -0.3 is 14.2 Å². The molecule has 0 aliphatic carbocycles. The summed E-state index contributed by atoms with van der Waals surface area (Å²) < 4.78 is 16.9. The van der Waals surface area contributed by atoms with Crippen molar-refractivity contribution in [2.45, 2.75) is 19.8 Å². The van der Waals surface area contributed by atoms with Crippen LogP contribution in [-0.4, -0.2) is 12.9 Å². The highest BCUT2D eigenvalue weighted by atomic mass is 16.5. The second-order valence-electron chi connectivity index (χ2n) is 7.98. The fraction of sp³-hybridized carbons (Fsp3) is 0.138. The van der Waals surface area contributed by atoms with Crippen molar-refractivity contribution in [1.29, 1.82) is 0 Å². The number of rotatable bonds is 8. The Morgan fingerprint density at radius 3 is 1.24 bits per heavy atom. The van der Waals surface area contributed by atoms with Crippen molar-refractivity contribution in [2.24, 2.45) is 0 Å². The summed E-state index contributed by atoms with van der Waals surface area (Å²) in [4.78, 5) is 12.9. The lowest BCUT2D eigenvalue weighted by molar-refractivity contribution is 0.103. The van der Waals surface area contributed by atoms with Crippen LogP contribution in [0.2, 0.25) is 0 Å². The lowest BCUT2D eigenvalue weighted by Gasteiger charge is -2.09. The maximum atomic E-state index is 12.9. The average molecular weight is 439 g/mol. The van der Waals surface area contributed by atoms with Crippen LogP contribution in [0, 0.1) is 0 Å². The zero-order valence-electron chi connectivity index (χ0n) is 18.9. The molecule has 0 unspecified atom stereocenters. The Balaban J connectivity index is 1.39. The van der Waals surface area contributed by atoms with Crippen LogP contribution in [0.4, 0.5) is 0 Å². The molecule has 0 heterocycles. The van der Waals surface area contributed by atoms with Gasteiger partial charge in [-0.2, -0.15) is 0 Å². The molecule has 0 saturated carbocycles. The summed E-state index contributed by atoms with van der Waals surface area (Å²) >= 11 is 0. The first-order valence-electron chi connectivity index (χ1n) is 10.9. The van der Waals surface area contributed by atoms with Gasteiger partial charge in [0.15, 0.2) is 5.78 Å². The Morgan fingerprint density at radius 2 is 0.879 bits per heavy atom. The molecule has 0 radical (unpaired) electrons. The molecule has 0 N–H and O–H groups in total. The molecule has 0 fully saturated rings. The van der Waals surface area contributed by atoms with Gasteiger partial charge in [0, 0.05) is 11.1 Å². The van der Waals surface area contributed by atoms with Crippen LogP contribution in [0.15, 0.2) is 97.1 Å². The second-order valence-corrected chi connectivity index (χ2v) is 7.98. The van der Waals surface area contributed by atoms with Crippen molar-refractivity contribution in [3.8, 4) is 28.7 Å². The van der Waals surface area contributed by atoms with E-state index in [1.807, 2.05) is 48.5 Å². The molecule has 0 amide bonds. The van der Waals surface area contributed by atoms with E-state index < -0.39 is 0 Å². The van der Waals surface area contributed by atoms with Gasteiger partial charge in [-0.3, -0.25) is 4.79 Å². The summed E-state index contributed by atoms with van der Waals surface area (Å²) in [5, 5.41) is 0. The molecular formula is C29H26O4. The Labute approximate surface area is 194 Å². The number of ether oxygens (including phenoxy) is 3. The minimum absolute atomic E-state index is 0.0566. The van der Waals surface area contributed by atoms with Crippen molar-refractivity contribution in [3.05, 3.63) is 114 Å². The summed E-state index contributed by atoms with van der Waals surface area (Å²) in [5.74, 6) is 4.00. The first-order chi connectivity index (χ1) is 16.0. The first-order valence-corrected chi connectivity index (χ1v) is 10.9. The largest absolute Gasteiger partial charge is 0.497 e. The highest BCUT2D eigenvalue weighted by Crippen LogP contribution is 2.26. The SMILES string of the molecule is COc1ccc(Oc2ccc(C(=O)c3ccc(Oc4ccc(C(C)C)cc4)cc3)cc2)cc1. The van der Waals surface area contributed by atoms with Gasteiger partial charge in [0.1, 0.15) is 28.7 Å². The molecule has 0 aliphatic heterocycles. The molecule has 0 aliphatic rings. The molecule has 4 aromatic rings. The van der Waals surface area contributed by atoms with Crippen molar-refractivity contribution in [3.63, 3.8) is 0 Å². The van der Waals surface area contributed by atoms with Gasteiger partial charge in [0.2, 0.25) is 0 Å². The van der Waals surface area contributed by atoms with Crippen molar-refractivity contribution in [2.75, 3.05) is 7.11 Å². The Bertz CT molecular complexity index is 1190.